The molecular weight excluding hydrogens is 461 g/mol. The van der Waals surface area contributed by atoms with Crippen molar-refractivity contribution in [2.45, 2.75) is 131 Å². The number of hydrogen-bond acceptors (Lipinski definition) is 4. The molecule has 1 fully saturated rings. The zero-order valence-electron chi connectivity index (χ0n) is 25.4. The van der Waals surface area contributed by atoms with Crippen molar-refractivity contribution in [3.8, 4) is 0 Å². The molecule has 208 valence electrons. The number of allylic oxidation sites excluding steroid dienone is 2. The molecule has 2 atom stereocenters. The molecule has 1 aliphatic rings. The highest BCUT2D eigenvalue weighted by molar-refractivity contribution is 6.50. The maximum atomic E-state index is 14.0. The van der Waals surface area contributed by atoms with E-state index in [0.717, 1.165) is 31.2 Å². The Morgan fingerprint density at radius 2 is 1.62 bits per heavy atom. The van der Waals surface area contributed by atoms with Gasteiger partial charge in [-0.2, -0.15) is 0 Å². The van der Waals surface area contributed by atoms with Crippen molar-refractivity contribution in [1.29, 1.82) is 0 Å². The third-order valence-corrected chi connectivity index (χ3v) is 7.70. The summed E-state index contributed by atoms with van der Waals surface area (Å²) in [6.45, 7) is 23.3. The monoisotopic (exact) mass is 513 g/mol. The van der Waals surface area contributed by atoms with Crippen molar-refractivity contribution in [2.75, 3.05) is 6.54 Å². The zero-order valence-corrected chi connectivity index (χ0v) is 25.4. The van der Waals surface area contributed by atoms with Gasteiger partial charge in [0.05, 0.1) is 11.2 Å². The molecule has 2 unspecified atom stereocenters. The van der Waals surface area contributed by atoms with Crippen molar-refractivity contribution in [3.63, 3.8) is 0 Å². The molecule has 0 bridgehead atoms. The van der Waals surface area contributed by atoms with Gasteiger partial charge in [-0.25, -0.2) is 4.79 Å². The fourth-order valence-electron chi connectivity index (χ4n) is 4.88. The first-order valence-electron chi connectivity index (χ1n) is 14.1. The van der Waals surface area contributed by atoms with Gasteiger partial charge in [-0.3, -0.25) is 4.90 Å². The third-order valence-electron chi connectivity index (χ3n) is 7.70. The summed E-state index contributed by atoms with van der Waals surface area (Å²) in [4.78, 5) is 16.0. The Balaban J connectivity index is 2.59. The Morgan fingerprint density at radius 1 is 1.05 bits per heavy atom. The van der Waals surface area contributed by atoms with Gasteiger partial charge in [-0.15, -0.1) is 0 Å². The molecule has 2 rings (SSSR count). The molecule has 5 nitrogen and oxygen atoms in total. The van der Waals surface area contributed by atoms with E-state index in [-0.39, 0.29) is 6.09 Å². The standard InChI is InChI=1S/C31H52BNO4/c1-12-22-31(26-19-14-13-15-20-26,32-36-29(8,9)30(10,11)37-32)33(27(34)35-28(5,6)7)23-21-25(4)18-16-17-24(2)3/h13-15,17,19-20,25H,12,16,18,21-23H2,1-11H3. The Kier molecular flexibility index (Phi) is 10.5. The predicted octanol–water partition coefficient (Wildman–Crippen LogP) is 8.32. The average molecular weight is 514 g/mol. The van der Waals surface area contributed by atoms with E-state index in [4.69, 9.17) is 14.0 Å². The highest BCUT2D eigenvalue weighted by Gasteiger charge is 2.63. The number of amides is 1. The lowest BCUT2D eigenvalue weighted by Crippen LogP contribution is -2.61. The Hall–Kier alpha value is -1.79. The summed E-state index contributed by atoms with van der Waals surface area (Å²) in [5, 5.41) is 0. The molecule has 0 aromatic heterocycles. The summed E-state index contributed by atoms with van der Waals surface area (Å²) < 4.78 is 19.5. The van der Waals surface area contributed by atoms with Crippen molar-refractivity contribution < 1.29 is 18.8 Å². The summed E-state index contributed by atoms with van der Waals surface area (Å²) in [7, 11) is -0.631. The minimum absolute atomic E-state index is 0.323. The lowest BCUT2D eigenvalue weighted by Gasteiger charge is -2.46. The van der Waals surface area contributed by atoms with Gasteiger partial charge in [0.25, 0.3) is 0 Å². The third kappa shape index (κ3) is 7.86. The van der Waals surface area contributed by atoms with Gasteiger partial charge in [0, 0.05) is 6.54 Å². The fourth-order valence-corrected chi connectivity index (χ4v) is 4.88. The fraction of sp³-hybridized carbons (Fsp3) is 0.710. The van der Waals surface area contributed by atoms with Crippen LogP contribution >= 0.6 is 0 Å². The molecule has 1 saturated heterocycles. The van der Waals surface area contributed by atoms with Crippen LogP contribution in [-0.4, -0.2) is 41.5 Å². The van der Waals surface area contributed by atoms with Crippen LogP contribution in [0.4, 0.5) is 4.79 Å². The van der Waals surface area contributed by atoms with Crippen LogP contribution in [0.15, 0.2) is 42.0 Å². The normalized spacial score (nSPS) is 19.2. The van der Waals surface area contributed by atoms with Gasteiger partial charge in [-0.05, 0) is 99.5 Å². The minimum Gasteiger partial charge on any atom is -0.444 e. The van der Waals surface area contributed by atoms with Gasteiger partial charge < -0.3 is 14.0 Å². The lowest BCUT2D eigenvalue weighted by molar-refractivity contribution is -0.000828. The molecule has 0 N–H and O–H groups in total. The number of carbonyl (C=O) groups is 1. The summed E-state index contributed by atoms with van der Waals surface area (Å²) in [5.41, 5.74) is -0.142. The first-order valence-corrected chi connectivity index (χ1v) is 14.1. The predicted molar refractivity (Wildman–Crippen MR) is 154 cm³/mol. The van der Waals surface area contributed by atoms with E-state index < -0.39 is 29.4 Å². The van der Waals surface area contributed by atoms with Crippen molar-refractivity contribution >= 4 is 13.2 Å². The molecule has 1 amide bonds. The van der Waals surface area contributed by atoms with Gasteiger partial charge >= 0.3 is 13.2 Å². The maximum Gasteiger partial charge on any atom is 0.490 e. The molecule has 1 aliphatic heterocycles. The van der Waals surface area contributed by atoms with Crippen molar-refractivity contribution in [3.05, 3.63) is 47.5 Å². The minimum atomic E-state index is -0.830. The van der Waals surface area contributed by atoms with Crippen LogP contribution in [0, 0.1) is 5.92 Å². The molecule has 1 heterocycles. The molecule has 0 aliphatic carbocycles. The van der Waals surface area contributed by atoms with Crippen molar-refractivity contribution in [2.24, 2.45) is 5.92 Å². The summed E-state index contributed by atoms with van der Waals surface area (Å²) in [6, 6.07) is 10.3. The molecule has 0 spiro atoms. The average Bonchev–Trinajstić information content (AvgIpc) is 2.99. The van der Waals surface area contributed by atoms with Gasteiger partial charge in [0.2, 0.25) is 0 Å². The molecule has 1 aromatic rings. The number of ether oxygens (including phenoxy) is 1. The van der Waals surface area contributed by atoms with E-state index in [9.17, 15) is 4.79 Å². The maximum absolute atomic E-state index is 14.0. The second kappa shape index (κ2) is 12.4. The van der Waals surface area contributed by atoms with Crippen LogP contribution in [-0.2, 0) is 19.5 Å². The Bertz CT molecular complexity index is 886. The topological polar surface area (TPSA) is 48.0 Å². The molecule has 0 saturated carbocycles. The quantitative estimate of drug-likeness (QED) is 0.220. The van der Waals surface area contributed by atoms with Gasteiger partial charge in [0.1, 0.15) is 11.0 Å². The Morgan fingerprint density at radius 3 is 2.11 bits per heavy atom. The summed E-state index contributed by atoms with van der Waals surface area (Å²) >= 11 is 0. The van der Waals surface area contributed by atoms with Crippen LogP contribution in [0.5, 0.6) is 0 Å². The Labute approximate surface area is 227 Å². The smallest absolute Gasteiger partial charge is 0.444 e. The highest BCUT2D eigenvalue weighted by Crippen LogP contribution is 2.47. The molecular formula is C31H52BNO4. The number of nitrogens with zero attached hydrogens (tertiary/aromatic N) is 1. The molecule has 1 aromatic carbocycles. The number of hydrogen-bond donors (Lipinski definition) is 0. The van der Waals surface area contributed by atoms with E-state index in [1.54, 1.807) is 0 Å². The first kappa shape index (κ1) is 31.4. The second-order valence-electron chi connectivity index (χ2n) is 13.0. The number of rotatable bonds is 11. The van der Waals surface area contributed by atoms with Crippen molar-refractivity contribution in [1.82, 2.24) is 4.90 Å². The SMILES string of the molecule is CCCC(B1OC(C)(C)C(C)(C)O1)(c1ccccc1)N(CCC(C)CCC=C(C)C)C(=O)OC(C)(C)C. The highest BCUT2D eigenvalue weighted by atomic mass is 16.7. The summed E-state index contributed by atoms with van der Waals surface area (Å²) in [6.07, 6.45) is 6.51. The zero-order chi connectivity index (χ0) is 28.1. The molecule has 0 radical (unpaired) electrons. The van der Waals surface area contributed by atoms with Crippen LogP contribution in [0.1, 0.15) is 114 Å². The van der Waals surface area contributed by atoms with E-state index in [1.807, 2.05) is 43.9 Å². The second-order valence-corrected chi connectivity index (χ2v) is 13.0. The number of carbonyl (C=O) groups excluding carboxylic acids is 1. The van der Waals surface area contributed by atoms with Gasteiger partial charge in [0.15, 0.2) is 0 Å². The summed E-state index contributed by atoms with van der Waals surface area (Å²) in [5.74, 6) is 0.453. The van der Waals surface area contributed by atoms with Crippen LogP contribution in [0.2, 0.25) is 0 Å². The van der Waals surface area contributed by atoms with Crippen LogP contribution in [0.3, 0.4) is 0 Å². The first-order chi connectivity index (χ1) is 17.1. The largest absolute Gasteiger partial charge is 0.490 e. The van der Waals surface area contributed by atoms with E-state index >= 15 is 0 Å². The van der Waals surface area contributed by atoms with Gasteiger partial charge in [-0.1, -0.05) is 62.2 Å². The van der Waals surface area contributed by atoms with E-state index in [0.29, 0.717) is 18.9 Å². The van der Waals surface area contributed by atoms with E-state index in [1.165, 1.54) is 5.57 Å². The molecule has 6 heteroatoms. The van der Waals surface area contributed by atoms with E-state index in [2.05, 4.69) is 73.6 Å². The lowest BCUT2D eigenvalue weighted by atomic mass is 9.57. The molecule has 37 heavy (non-hydrogen) atoms. The number of benzene rings is 1. The van der Waals surface area contributed by atoms with Crippen LogP contribution < -0.4 is 0 Å². The van der Waals surface area contributed by atoms with Crippen LogP contribution in [0.25, 0.3) is 0 Å².